The molecule has 16 nitrogen and oxygen atoms in total. The highest BCUT2D eigenvalue weighted by molar-refractivity contribution is 7.13. The average molecular weight is 966 g/mol. The number of para-hydroxylation sites is 1. The van der Waals surface area contributed by atoms with Gasteiger partial charge in [0.25, 0.3) is 5.88 Å². The van der Waals surface area contributed by atoms with Gasteiger partial charge in [0, 0.05) is 87.2 Å². The van der Waals surface area contributed by atoms with Gasteiger partial charge < -0.3 is 30.5 Å². The number of aryl methyl sites for hydroxylation is 1. The number of likely N-dealkylation sites (tertiary alicyclic amines) is 1. The zero-order valence-corrected chi connectivity index (χ0v) is 41.3. The number of phenolic OH excluding ortho intramolecular Hbond substituents is 1. The molecule has 366 valence electrons. The van der Waals surface area contributed by atoms with E-state index in [-0.39, 0.29) is 35.6 Å². The molecule has 2 aliphatic heterocycles. The molecule has 1 unspecified atom stereocenters. The molecule has 0 spiro atoms. The minimum atomic E-state index is -0.588. The van der Waals surface area contributed by atoms with Gasteiger partial charge in [-0.1, -0.05) is 74.5 Å². The van der Waals surface area contributed by atoms with Gasteiger partial charge in [-0.05, 0) is 78.7 Å². The van der Waals surface area contributed by atoms with E-state index in [2.05, 4.69) is 115 Å². The fourth-order valence-corrected chi connectivity index (χ4v) is 10.4. The summed E-state index contributed by atoms with van der Waals surface area (Å²) in [5, 5.41) is 41.6. The van der Waals surface area contributed by atoms with Crippen LogP contribution in [-0.2, 0) is 11.3 Å². The number of hydrogen-bond acceptors (Lipinski definition) is 15. The van der Waals surface area contributed by atoms with Crippen molar-refractivity contribution in [3.8, 4) is 44.5 Å². The first kappa shape index (κ1) is 48.5. The SMILES string of the molecule is Cc1ncsc1-c1ccc([C@H](C)NC(=O)[C@@H]2C[C@@H](O)CN2C[C@@H](c2cc(OCCN3CCN(Cc4ccc(C(C)n5cc(-c6cc(-c7ccccc7O)nnc6N)cn5)cc4)CC3)no2)C(C)C)cc1. The van der Waals surface area contributed by atoms with E-state index < -0.39 is 12.1 Å². The fourth-order valence-electron chi connectivity index (χ4n) is 9.55. The maximum absolute atomic E-state index is 13.7. The van der Waals surface area contributed by atoms with E-state index in [0.717, 1.165) is 72.1 Å². The van der Waals surface area contributed by atoms with Crippen LogP contribution in [-0.4, -0.2) is 126 Å². The number of thiazole rings is 1. The number of phenols is 1. The smallest absolute Gasteiger partial charge is 0.254 e. The van der Waals surface area contributed by atoms with Gasteiger partial charge in [-0.15, -0.1) is 21.5 Å². The molecule has 4 aromatic heterocycles. The van der Waals surface area contributed by atoms with Gasteiger partial charge in [0.15, 0.2) is 5.82 Å². The van der Waals surface area contributed by atoms with Crippen molar-refractivity contribution >= 4 is 23.1 Å². The second-order valence-corrected chi connectivity index (χ2v) is 19.9. The third kappa shape index (κ3) is 11.2. The molecule has 2 saturated heterocycles. The van der Waals surface area contributed by atoms with Crippen molar-refractivity contribution in [2.24, 2.45) is 5.92 Å². The molecule has 6 heterocycles. The molecular weight excluding hydrogens is 903 g/mol. The van der Waals surface area contributed by atoms with Crippen LogP contribution in [0.1, 0.15) is 80.3 Å². The molecule has 17 heteroatoms. The number of nitrogen functional groups attached to an aromatic ring is 1. The minimum absolute atomic E-state index is 0.00919. The molecule has 2 aliphatic rings. The summed E-state index contributed by atoms with van der Waals surface area (Å²) >= 11 is 1.62. The zero-order valence-electron chi connectivity index (χ0n) is 40.5. The van der Waals surface area contributed by atoms with Crippen LogP contribution in [0.5, 0.6) is 11.6 Å². The standard InChI is InChI=1S/C53H63N11O5S/c1-33(2)45(31-63-30-42(65)24-47(63)53(67)57-34(3)38-14-16-40(17-15-38)51-35(4)55-32-70-51)49-26-50(60-69-49)68-23-22-61-18-20-62(21-19-61)28-37-10-12-39(13-11-37)36(5)64-29-41(27-56-64)44-25-46(58-59-52(44)54)43-8-6-7-9-48(43)66/h6-17,25-27,29,32-34,36,42,45,47,65-66H,18-24,28,30-31H2,1-5H3,(H2,54,59)(H,57,67)/t34-,36?,42+,45+,47-/m0/s1. The molecule has 3 aromatic carbocycles. The Labute approximate surface area is 413 Å². The first-order chi connectivity index (χ1) is 33.9. The maximum atomic E-state index is 13.7. The fraction of sp³-hybridized carbons (Fsp3) is 0.396. The van der Waals surface area contributed by atoms with Gasteiger partial charge in [0.05, 0.1) is 52.2 Å². The number of carbonyl (C=O) groups is 1. The van der Waals surface area contributed by atoms with Gasteiger partial charge in [0.2, 0.25) is 5.91 Å². The second-order valence-electron chi connectivity index (χ2n) is 19.0. The first-order valence-electron chi connectivity index (χ1n) is 24.2. The predicted molar refractivity (Wildman–Crippen MR) is 271 cm³/mol. The van der Waals surface area contributed by atoms with Crippen molar-refractivity contribution < 1.29 is 24.3 Å². The number of aliphatic hydroxyl groups excluding tert-OH is 1. The Hall–Kier alpha value is -6.50. The Bertz CT molecular complexity index is 2840. The minimum Gasteiger partial charge on any atom is -0.507 e. The molecule has 0 bridgehead atoms. The highest BCUT2D eigenvalue weighted by atomic mass is 32.1. The number of aromatic hydroxyl groups is 1. The van der Waals surface area contributed by atoms with Crippen molar-refractivity contribution in [3.63, 3.8) is 0 Å². The van der Waals surface area contributed by atoms with Crippen molar-refractivity contribution in [3.05, 3.63) is 131 Å². The third-order valence-corrected chi connectivity index (χ3v) is 14.8. The summed E-state index contributed by atoms with van der Waals surface area (Å²) in [4.78, 5) is 26.2. The molecule has 70 heavy (non-hydrogen) atoms. The molecular formula is C53H63N11O5S. The summed E-state index contributed by atoms with van der Waals surface area (Å²) in [6, 6.07) is 27.1. The topological polar surface area (TPSA) is 197 Å². The van der Waals surface area contributed by atoms with E-state index >= 15 is 0 Å². The molecule has 1 amide bonds. The molecule has 5 N–H and O–H groups in total. The Balaban J connectivity index is 0.714. The van der Waals surface area contributed by atoms with E-state index in [1.165, 1.54) is 5.56 Å². The number of benzene rings is 3. The van der Waals surface area contributed by atoms with Crippen LogP contribution in [0.25, 0.3) is 32.8 Å². The summed E-state index contributed by atoms with van der Waals surface area (Å²) < 4.78 is 13.9. The monoisotopic (exact) mass is 965 g/mol. The average Bonchev–Trinajstić information content (AvgIpc) is 4.20. The number of hydrogen-bond donors (Lipinski definition) is 4. The lowest BCUT2D eigenvalue weighted by molar-refractivity contribution is -0.126. The van der Waals surface area contributed by atoms with E-state index in [4.69, 9.17) is 15.0 Å². The quantitative estimate of drug-likeness (QED) is 0.0657. The Morgan fingerprint density at radius 3 is 2.40 bits per heavy atom. The van der Waals surface area contributed by atoms with Crippen molar-refractivity contribution in [1.29, 1.82) is 0 Å². The molecule has 0 radical (unpaired) electrons. The number of anilines is 1. The Morgan fingerprint density at radius 1 is 0.929 bits per heavy atom. The summed E-state index contributed by atoms with van der Waals surface area (Å²) in [6.45, 7) is 17.3. The number of nitrogens with zero attached hydrogens (tertiary/aromatic N) is 9. The van der Waals surface area contributed by atoms with Crippen LogP contribution >= 0.6 is 11.3 Å². The number of ether oxygens (including phenoxy) is 1. The van der Waals surface area contributed by atoms with Crippen molar-refractivity contribution in [2.45, 2.75) is 77.7 Å². The van der Waals surface area contributed by atoms with Crippen LogP contribution < -0.4 is 15.8 Å². The number of aromatic nitrogens is 6. The van der Waals surface area contributed by atoms with Crippen molar-refractivity contribution in [2.75, 3.05) is 58.2 Å². The molecule has 0 aliphatic carbocycles. The number of nitrogens with one attached hydrogen (secondary N) is 1. The molecule has 9 rings (SSSR count). The molecule has 7 aromatic rings. The van der Waals surface area contributed by atoms with Gasteiger partial charge in [-0.25, -0.2) is 4.98 Å². The summed E-state index contributed by atoms with van der Waals surface area (Å²) in [5.74, 6) is 1.66. The van der Waals surface area contributed by atoms with Gasteiger partial charge in [0.1, 0.15) is 18.1 Å². The largest absolute Gasteiger partial charge is 0.507 e. The number of piperazine rings is 1. The van der Waals surface area contributed by atoms with E-state index in [1.54, 1.807) is 35.7 Å². The number of rotatable bonds is 18. The molecule has 2 fully saturated rings. The van der Waals surface area contributed by atoms with Gasteiger partial charge in [-0.2, -0.15) is 5.10 Å². The van der Waals surface area contributed by atoms with Crippen LogP contribution in [0.4, 0.5) is 5.82 Å². The summed E-state index contributed by atoms with van der Waals surface area (Å²) in [5.41, 5.74) is 16.3. The predicted octanol–water partition coefficient (Wildman–Crippen LogP) is 7.57. The molecule has 0 saturated carbocycles. The van der Waals surface area contributed by atoms with Crippen LogP contribution in [0, 0.1) is 12.8 Å². The van der Waals surface area contributed by atoms with Gasteiger partial charge in [-0.3, -0.25) is 24.2 Å². The number of nitrogens with two attached hydrogens (primary N) is 1. The van der Waals surface area contributed by atoms with Crippen LogP contribution in [0.3, 0.4) is 0 Å². The first-order valence-corrected chi connectivity index (χ1v) is 25.1. The Morgan fingerprint density at radius 2 is 1.67 bits per heavy atom. The van der Waals surface area contributed by atoms with Gasteiger partial charge >= 0.3 is 0 Å². The van der Waals surface area contributed by atoms with Crippen LogP contribution in [0.2, 0.25) is 0 Å². The summed E-state index contributed by atoms with van der Waals surface area (Å²) in [7, 11) is 0. The van der Waals surface area contributed by atoms with E-state index in [9.17, 15) is 15.0 Å². The number of aliphatic hydroxyl groups is 1. The lowest BCUT2D eigenvalue weighted by Gasteiger charge is -2.34. The summed E-state index contributed by atoms with van der Waals surface area (Å²) in [6.07, 6.45) is 3.54. The number of amides is 1. The number of carbonyl (C=O) groups excluding carboxylic acids is 1. The number of β-amino-alcohol motifs (C(OH)–C–C–N with tert-alkyl or cyclic N) is 1. The highest BCUT2D eigenvalue weighted by Gasteiger charge is 2.39. The zero-order chi connectivity index (χ0) is 48.9. The maximum Gasteiger partial charge on any atom is 0.254 e. The normalized spacial score (nSPS) is 18.3. The second kappa shape index (κ2) is 21.6. The third-order valence-electron chi connectivity index (χ3n) is 13.9. The lowest BCUT2D eigenvalue weighted by Crippen LogP contribution is -2.47. The highest BCUT2D eigenvalue weighted by Crippen LogP contribution is 2.35. The Kier molecular flexibility index (Phi) is 15.0. The lowest BCUT2D eigenvalue weighted by atomic mass is 9.92. The van der Waals surface area contributed by atoms with Crippen LogP contribution in [0.15, 0.2) is 107 Å². The van der Waals surface area contributed by atoms with E-state index in [0.29, 0.717) is 60.4 Å². The van der Waals surface area contributed by atoms with E-state index in [1.807, 2.05) is 48.4 Å². The van der Waals surface area contributed by atoms with Crippen molar-refractivity contribution in [1.82, 2.24) is 50.1 Å². The molecule has 5 atom stereocenters.